The van der Waals surface area contributed by atoms with Gasteiger partial charge in [-0.2, -0.15) is 0 Å². The monoisotopic (exact) mass is 305 g/mol. The molecule has 0 amide bonds. The quantitative estimate of drug-likeness (QED) is 0.649. The molecule has 0 saturated heterocycles. The topological polar surface area (TPSA) is 86.6 Å². The molecule has 5 nitrogen and oxygen atoms in total. The second-order valence-electron chi connectivity index (χ2n) is 4.39. The Hall–Kier alpha value is -0.600. The molecule has 1 rings (SSSR count). The van der Waals surface area contributed by atoms with Crippen molar-refractivity contribution in [3.63, 3.8) is 0 Å². The summed E-state index contributed by atoms with van der Waals surface area (Å²) in [5, 5.41) is 17.9. The van der Waals surface area contributed by atoms with Crippen LogP contribution in [-0.2, 0) is 10.0 Å². The predicted octanol–water partition coefficient (Wildman–Crippen LogP) is 0.819. The van der Waals surface area contributed by atoms with Crippen molar-refractivity contribution in [3.05, 3.63) is 24.3 Å². The maximum atomic E-state index is 11.9. The molecule has 0 bridgehead atoms. The van der Waals surface area contributed by atoms with Gasteiger partial charge < -0.3 is 10.2 Å². The van der Waals surface area contributed by atoms with Crippen molar-refractivity contribution >= 4 is 21.8 Å². The molecular formula is C12H19NO4S2. The normalized spacial score (nSPS) is 13.7. The third-order valence-corrected chi connectivity index (χ3v) is 5.01. The molecule has 1 aromatic rings. The Balaban J connectivity index is 2.71. The third-order valence-electron chi connectivity index (χ3n) is 2.18. The van der Waals surface area contributed by atoms with Crippen LogP contribution in [0.4, 0.5) is 0 Å². The lowest BCUT2D eigenvalue weighted by molar-refractivity contribution is 0.113. The zero-order chi connectivity index (χ0) is 14.5. The van der Waals surface area contributed by atoms with Gasteiger partial charge in [-0.05, 0) is 38.1 Å². The fourth-order valence-corrected chi connectivity index (χ4v) is 3.41. The minimum atomic E-state index is -3.46. The fraction of sp³-hybridized carbons (Fsp3) is 0.500. The summed E-state index contributed by atoms with van der Waals surface area (Å²) in [5.74, 6) is 0.368. The Kier molecular flexibility index (Phi) is 6.28. The van der Waals surface area contributed by atoms with Gasteiger partial charge in [0.15, 0.2) is 0 Å². The van der Waals surface area contributed by atoms with Crippen molar-refractivity contribution in [2.45, 2.75) is 35.8 Å². The molecule has 1 unspecified atom stereocenters. The maximum Gasteiger partial charge on any atom is 0.240 e. The SMILES string of the molecule is CC(C)NS(=O)(=O)c1ccc(SCC(O)CO)cc1. The second kappa shape index (κ2) is 7.25. The minimum Gasteiger partial charge on any atom is -0.394 e. The van der Waals surface area contributed by atoms with Gasteiger partial charge in [-0.15, -0.1) is 11.8 Å². The van der Waals surface area contributed by atoms with Crippen molar-refractivity contribution in [2.24, 2.45) is 0 Å². The number of benzene rings is 1. The molecule has 0 radical (unpaired) electrons. The van der Waals surface area contributed by atoms with Gasteiger partial charge in [0, 0.05) is 16.7 Å². The summed E-state index contributed by atoms with van der Waals surface area (Å²) in [6, 6.07) is 6.27. The summed E-state index contributed by atoms with van der Waals surface area (Å²) in [5.41, 5.74) is 0. The van der Waals surface area contributed by atoms with E-state index in [4.69, 9.17) is 5.11 Å². The van der Waals surface area contributed by atoms with E-state index in [1.165, 1.54) is 23.9 Å². The van der Waals surface area contributed by atoms with Crippen molar-refractivity contribution in [2.75, 3.05) is 12.4 Å². The predicted molar refractivity (Wildman–Crippen MR) is 75.7 cm³/mol. The molecule has 108 valence electrons. The van der Waals surface area contributed by atoms with Crippen molar-refractivity contribution in [1.82, 2.24) is 4.72 Å². The van der Waals surface area contributed by atoms with Crippen LogP contribution in [0, 0.1) is 0 Å². The molecule has 3 N–H and O–H groups in total. The first-order chi connectivity index (χ1) is 8.85. The summed E-state index contributed by atoms with van der Waals surface area (Å²) in [6.45, 7) is 3.24. The molecule has 19 heavy (non-hydrogen) atoms. The van der Waals surface area contributed by atoms with E-state index in [1.807, 2.05) is 0 Å². The summed E-state index contributed by atoms with van der Waals surface area (Å²) >= 11 is 1.36. The Bertz CT molecular complexity index is 485. The molecule has 0 aliphatic heterocycles. The van der Waals surface area contributed by atoms with Gasteiger partial charge in [0.2, 0.25) is 10.0 Å². The largest absolute Gasteiger partial charge is 0.394 e. The van der Waals surface area contributed by atoms with E-state index < -0.39 is 16.1 Å². The highest BCUT2D eigenvalue weighted by molar-refractivity contribution is 7.99. The van der Waals surface area contributed by atoms with Gasteiger partial charge in [0.25, 0.3) is 0 Å². The van der Waals surface area contributed by atoms with E-state index >= 15 is 0 Å². The molecule has 0 saturated carbocycles. The van der Waals surface area contributed by atoms with E-state index in [2.05, 4.69) is 4.72 Å². The first kappa shape index (κ1) is 16.5. The van der Waals surface area contributed by atoms with E-state index in [0.29, 0.717) is 5.75 Å². The molecule has 0 heterocycles. The minimum absolute atomic E-state index is 0.154. The molecule has 0 spiro atoms. The summed E-state index contributed by atoms with van der Waals surface area (Å²) < 4.78 is 26.3. The summed E-state index contributed by atoms with van der Waals surface area (Å²) in [6.07, 6.45) is -0.768. The number of thioether (sulfide) groups is 1. The molecule has 0 fully saturated rings. The standard InChI is InChI=1S/C12H19NO4S2/c1-9(2)13-19(16,17)12-5-3-11(4-6-12)18-8-10(15)7-14/h3-6,9-10,13-15H,7-8H2,1-2H3. The van der Waals surface area contributed by atoms with Crippen LogP contribution >= 0.6 is 11.8 Å². The summed E-state index contributed by atoms with van der Waals surface area (Å²) in [7, 11) is -3.46. The smallest absolute Gasteiger partial charge is 0.240 e. The van der Waals surface area contributed by atoms with Gasteiger partial charge in [0.05, 0.1) is 17.6 Å². The van der Waals surface area contributed by atoms with Crippen LogP contribution < -0.4 is 4.72 Å². The highest BCUT2D eigenvalue weighted by atomic mass is 32.2. The van der Waals surface area contributed by atoms with Gasteiger partial charge in [-0.25, -0.2) is 13.1 Å². The van der Waals surface area contributed by atoms with E-state index in [0.717, 1.165) is 4.90 Å². The van der Waals surface area contributed by atoms with Crippen LogP contribution in [0.25, 0.3) is 0 Å². The molecule has 7 heteroatoms. The lowest BCUT2D eigenvalue weighted by atomic mass is 10.4. The molecule has 0 aliphatic carbocycles. The highest BCUT2D eigenvalue weighted by Crippen LogP contribution is 2.21. The lowest BCUT2D eigenvalue weighted by Crippen LogP contribution is -2.30. The average molecular weight is 305 g/mol. The Morgan fingerprint density at radius 2 is 1.84 bits per heavy atom. The van der Waals surface area contributed by atoms with Crippen LogP contribution in [0.15, 0.2) is 34.1 Å². The fourth-order valence-electron chi connectivity index (χ4n) is 1.34. The van der Waals surface area contributed by atoms with Gasteiger partial charge >= 0.3 is 0 Å². The molecular weight excluding hydrogens is 286 g/mol. The first-order valence-corrected chi connectivity index (χ1v) is 8.36. The second-order valence-corrected chi connectivity index (χ2v) is 7.20. The van der Waals surface area contributed by atoms with Crippen molar-refractivity contribution < 1.29 is 18.6 Å². The van der Waals surface area contributed by atoms with Crippen LogP contribution in [0.3, 0.4) is 0 Å². The molecule has 0 aromatic heterocycles. The van der Waals surface area contributed by atoms with Crippen LogP contribution in [0.2, 0.25) is 0 Å². The Labute approximate surface area is 118 Å². The molecule has 1 atom stereocenters. The zero-order valence-electron chi connectivity index (χ0n) is 10.9. The number of rotatable bonds is 7. The Morgan fingerprint density at radius 3 is 2.32 bits per heavy atom. The number of hydrogen-bond donors (Lipinski definition) is 3. The van der Waals surface area contributed by atoms with E-state index in [9.17, 15) is 13.5 Å². The van der Waals surface area contributed by atoms with Crippen LogP contribution in [0.1, 0.15) is 13.8 Å². The number of aliphatic hydroxyl groups excluding tert-OH is 2. The number of sulfonamides is 1. The van der Waals surface area contributed by atoms with Crippen molar-refractivity contribution in [3.8, 4) is 0 Å². The maximum absolute atomic E-state index is 11.9. The van der Waals surface area contributed by atoms with E-state index in [1.54, 1.807) is 26.0 Å². The van der Waals surface area contributed by atoms with Crippen LogP contribution in [0.5, 0.6) is 0 Å². The van der Waals surface area contributed by atoms with Gasteiger partial charge in [0.1, 0.15) is 0 Å². The third kappa shape index (κ3) is 5.50. The lowest BCUT2D eigenvalue weighted by Gasteiger charge is -2.10. The Morgan fingerprint density at radius 1 is 1.26 bits per heavy atom. The molecule has 0 aliphatic rings. The number of aliphatic hydroxyl groups is 2. The van der Waals surface area contributed by atoms with Gasteiger partial charge in [-0.1, -0.05) is 0 Å². The highest BCUT2D eigenvalue weighted by Gasteiger charge is 2.14. The van der Waals surface area contributed by atoms with Crippen molar-refractivity contribution in [1.29, 1.82) is 0 Å². The number of hydrogen-bond acceptors (Lipinski definition) is 5. The van der Waals surface area contributed by atoms with Gasteiger partial charge in [-0.3, -0.25) is 0 Å². The zero-order valence-corrected chi connectivity index (χ0v) is 12.5. The van der Waals surface area contributed by atoms with E-state index in [-0.39, 0.29) is 17.5 Å². The first-order valence-electron chi connectivity index (χ1n) is 5.89. The average Bonchev–Trinajstić information content (AvgIpc) is 2.35. The number of nitrogens with one attached hydrogen (secondary N) is 1. The molecule has 1 aromatic carbocycles. The summed E-state index contributed by atoms with van der Waals surface area (Å²) in [4.78, 5) is 1.06. The van der Waals surface area contributed by atoms with Crippen LogP contribution in [-0.4, -0.2) is 43.1 Å².